The van der Waals surface area contributed by atoms with Gasteiger partial charge in [-0.2, -0.15) is 8.42 Å². The molecule has 0 aliphatic carbocycles. The predicted molar refractivity (Wildman–Crippen MR) is 95.2 cm³/mol. The van der Waals surface area contributed by atoms with Crippen molar-refractivity contribution in [3.63, 3.8) is 0 Å². The number of ether oxygens (including phenoxy) is 1. The van der Waals surface area contributed by atoms with Crippen molar-refractivity contribution >= 4 is 10.1 Å². The lowest BCUT2D eigenvalue weighted by Gasteiger charge is -2.11. The molecule has 1 N–H and O–H groups in total. The Labute approximate surface area is 144 Å². The van der Waals surface area contributed by atoms with E-state index in [1.807, 2.05) is 30.3 Å². The molecule has 0 atom stereocenters. The van der Waals surface area contributed by atoms with Crippen LogP contribution in [0.2, 0.25) is 0 Å². The van der Waals surface area contributed by atoms with Crippen molar-refractivity contribution in [3.05, 3.63) is 54.1 Å². The van der Waals surface area contributed by atoms with Crippen molar-refractivity contribution in [1.29, 1.82) is 0 Å². The first-order chi connectivity index (χ1) is 11.5. The minimum Gasteiger partial charge on any atom is -0.457 e. The molecule has 0 radical (unpaired) electrons. The van der Waals surface area contributed by atoms with Gasteiger partial charge in [0.2, 0.25) is 0 Å². The van der Waals surface area contributed by atoms with Gasteiger partial charge in [0.25, 0.3) is 10.1 Å². The summed E-state index contributed by atoms with van der Waals surface area (Å²) in [5.74, 6) is 1.25. The highest BCUT2D eigenvalue weighted by Crippen LogP contribution is 2.27. The second-order valence-corrected chi connectivity index (χ2v) is 7.21. The monoisotopic (exact) mass is 348 g/mol. The van der Waals surface area contributed by atoms with Crippen molar-refractivity contribution in [1.82, 2.24) is 0 Å². The molecule has 5 heteroatoms. The highest BCUT2D eigenvalue weighted by molar-refractivity contribution is 7.85. The average molecular weight is 348 g/mol. The van der Waals surface area contributed by atoms with E-state index in [1.165, 1.54) is 12.5 Å². The summed E-state index contributed by atoms with van der Waals surface area (Å²) in [4.78, 5) is -0.0293. The molecular weight excluding hydrogens is 324 g/mol. The fourth-order valence-electron chi connectivity index (χ4n) is 2.61. The number of aryl methyl sites for hydroxylation is 1. The van der Waals surface area contributed by atoms with Gasteiger partial charge < -0.3 is 4.74 Å². The lowest BCUT2D eigenvalue weighted by atomic mass is 10.1. The lowest BCUT2D eigenvalue weighted by molar-refractivity contribution is 0.475. The van der Waals surface area contributed by atoms with Crippen molar-refractivity contribution in [2.24, 2.45) is 0 Å². The maximum atomic E-state index is 11.6. The van der Waals surface area contributed by atoms with E-state index in [4.69, 9.17) is 4.74 Å². The molecule has 0 saturated carbocycles. The zero-order valence-corrected chi connectivity index (χ0v) is 14.8. The third-order valence-electron chi connectivity index (χ3n) is 3.84. The molecule has 0 aliphatic rings. The van der Waals surface area contributed by atoms with Gasteiger partial charge in [0.15, 0.2) is 0 Å². The molecule has 2 aromatic carbocycles. The van der Waals surface area contributed by atoms with Crippen LogP contribution in [0, 0.1) is 0 Å². The molecule has 0 bridgehead atoms. The van der Waals surface area contributed by atoms with Crippen LogP contribution in [0.15, 0.2) is 53.4 Å². The van der Waals surface area contributed by atoms with Crippen LogP contribution in [-0.4, -0.2) is 13.0 Å². The van der Waals surface area contributed by atoms with Crippen LogP contribution >= 0.6 is 0 Å². The van der Waals surface area contributed by atoms with Crippen LogP contribution in [0.3, 0.4) is 0 Å². The van der Waals surface area contributed by atoms with E-state index in [2.05, 4.69) is 6.92 Å². The number of para-hydroxylation sites is 1. The number of rotatable bonds is 9. The molecule has 0 amide bonds. The fourth-order valence-corrected chi connectivity index (χ4v) is 3.34. The van der Waals surface area contributed by atoms with Crippen LogP contribution in [0.25, 0.3) is 0 Å². The molecule has 4 nitrogen and oxygen atoms in total. The molecule has 0 aromatic heterocycles. The predicted octanol–water partition coefficient (Wildman–Crippen LogP) is 5.24. The Morgan fingerprint density at radius 3 is 2.29 bits per heavy atom. The quantitative estimate of drug-likeness (QED) is 0.497. The van der Waals surface area contributed by atoms with Crippen LogP contribution < -0.4 is 4.74 Å². The normalized spacial score (nSPS) is 11.4. The van der Waals surface area contributed by atoms with Gasteiger partial charge in [-0.25, -0.2) is 0 Å². The molecule has 0 fully saturated rings. The Kier molecular flexibility index (Phi) is 6.82. The minimum atomic E-state index is -4.23. The van der Waals surface area contributed by atoms with Gasteiger partial charge in [0, 0.05) is 0 Å². The third-order valence-corrected chi connectivity index (χ3v) is 4.79. The lowest BCUT2D eigenvalue weighted by Crippen LogP contribution is -2.04. The first kappa shape index (κ1) is 18.5. The number of hydrogen-bond donors (Lipinski definition) is 1. The summed E-state index contributed by atoms with van der Waals surface area (Å²) in [6.07, 6.45) is 6.02. The van der Waals surface area contributed by atoms with Crippen LogP contribution in [0.1, 0.15) is 44.6 Å². The standard InChI is InChI=1S/C19H24O4S/c1-2-3-4-5-7-10-16-15-18(13-14-19(16)24(20,21)22)23-17-11-8-6-9-12-17/h6,8-9,11-15H,2-5,7,10H2,1H3,(H,20,21,22). The number of hydrogen-bond acceptors (Lipinski definition) is 3. The maximum absolute atomic E-state index is 11.6. The van der Waals surface area contributed by atoms with Gasteiger partial charge in [-0.15, -0.1) is 0 Å². The SMILES string of the molecule is CCCCCCCc1cc(Oc2ccccc2)ccc1S(=O)(=O)O. The molecule has 0 aliphatic heterocycles. The van der Waals surface area contributed by atoms with Crippen LogP contribution in [0.5, 0.6) is 11.5 Å². The number of benzene rings is 2. The molecule has 2 aromatic rings. The largest absolute Gasteiger partial charge is 0.457 e. The Morgan fingerprint density at radius 2 is 1.62 bits per heavy atom. The van der Waals surface area contributed by atoms with E-state index in [0.29, 0.717) is 23.5 Å². The second kappa shape index (κ2) is 8.85. The van der Waals surface area contributed by atoms with E-state index >= 15 is 0 Å². The van der Waals surface area contributed by atoms with Gasteiger partial charge in [0.1, 0.15) is 11.5 Å². The highest BCUT2D eigenvalue weighted by Gasteiger charge is 2.16. The van der Waals surface area contributed by atoms with Crippen molar-refractivity contribution in [2.45, 2.75) is 50.3 Å². The first-order valence-electron chi connectivity index (χ1n) is 8.34. The van der Waals surface area contributed by atoms with Crippen molar-refractivity contribution in [2.75, 3.05) is 0 Å². The summed E-state index contributed by atoms with van der Waals surface area (Å²) in [6.45, 7) is 2.15. The average Bonchev–Trinajstić information content (AvgIpc) is 2.55. The summed E-state index contributed by atoms with van der Waals surface area (Å²) in [6, 6.07) is 14.0. The van der Waals surface area contributed by atoms with E-state index in [0.717, 1.165) is 25.7 Å². The van der Waals surface area contributed by atoms with Crippen LogP contribution in [0.4, 0.5) is 0 Å². The Balaban J connectivity index is 2.15. The summed E-state index contributed by atoms with van der Waals surface area (Å²) in [7, 11) is -4.23. The van der Waals surface area contributed by atoms with E-state index < -0.39 is 10.1 Å². The van der Waals surface area contributed by atoms with Crippen LogP contribution in [-0.2, 0) is 16.5 Å². The summed E-state index contributed by atoms with van der Waals surface area (Å²) >= 11 is 0. The summed E-state index contributed by atoms with van der Waals surface area (Å²) in [5.41, 5.74) is 0.599. The Hall–Kier alpha value is -1.85. The summed E-state index contributed by atoms with van der Waals surface area (Å²) < 4.78 is 38.3. The fraction of sp³-hybridized carbons (Fsp3) is 0.368. The first-order valence-corrected chi connectivity index (χ1v) is 9.78. The number of unbranched alkanes of at least 4 members (excludes halogenated alkanes) is 4. The molecule has 0 unspecified atom stereocenters. The maximum Gasteiger partial charge on any atom is 0.294 e. The summed E-state index contributed by atoms with van der Waals surface area (Å²) in [5, 5.41) is 0. The molecule has 130 valence electrons. The zero-order chi connectivity index (χ0) is 17.4. The second-order valence-electron chi connectivity index (χ2n) is 5.82. The molecule has 0 heterocycles. The zero-order valence-electron chi connectivity index (χ0n) is 13.9. The van der Waals surface area contributed by atoms with Crippen molar-refractivity contribution < 1.29 is 17.7 Å². The van der Waals surface area contributed by atoms with Gasteiger partial charge in [0.05, 0.1) is 4.90 Å². The molecule has 24 heavy (non-hydrogen) atoms. The third kappa shape index (κ3) is 5.65. The van der Waals surface area contributed by atoms with Gasteiger partial charge >= 0.3 is 0 Å². The van der Waals surface area contributed by atoms with Gasteiger partial charge in [-0.3, -0.25) is 4.55 Å². The molecule has 0 saturated heterocycles. The van der Waals surface area contributed by atoms with E-state index in [1.54, 1.807) is 12.1 Å². The topological polar surface area (TPSA) is 63.6 Å². The Bertz CT molecular complexity index is 739. The minimum absolute atomic E-state index is 0.0293. The molecule has 2 rings (SSSR count). The van der Waals surface area contributed by atoms with E-state index in [9.17, 15) is 13.0 Å². The van der Waals surface area contributed by atoms with Gasteiger partial charge in [-0.1, -0.05) is 50.8 Å². The highest BCUT2D eigenvalue weighted by atomic mass is 32.2. The molecular formula is C19H24O4S. The molecule has 0 spiro atoms. The van der Waals surface area contributed by atoms with E-state index in [-0.39, 0.29) is 4.90 Å². The smallest absolute Gasteiger partial charge is 0.294 e. The Morgan fingerprint density at radius 1 is 0.917 bits per heavy atom. The van der Waals surface area contributed by atoms with Gasteiger partial charge in [-0.05, 0) is 48.7 Å². The van der Waals surface area contributed by atoms with Crippen molar-refractivity contribution in [3.8, 4) is 11.5 Å².